The van der Waals surface area contributed by atoms with Gasteiger partial charge in [-0.1, -0.05) is 6.07 Å². The van der Waals surface area contributed by atoms with Gasteiger partial charge in [-0.3, -0.25) is 4.79 Å². The Labute approximate surface area is 159 Å². The summed E-state index contributed by atoms with van der Waals surface area (Å²) in [4.78, 5) is 28.0. The molecular weight excluding hydrogens is 368 g/mol. The van der Waals surface area contributed by atoms with E-state index in [-0.39, 0.29) is 11.5 Å². The van der Waals surface area contributed by atoms with Crippen LogP contribution in [0.5, 0.6) is 11.5 Å². The first-order chi connectivity index (χ1) is 13.0. The third-order valence-corrected chi connectivity index (χ3v) is 4.61. The molecule has 0 aliphatic carbocycles. The minimum absolute atomic E-state index is 0.130. The van der Waals surface area contributed by atoms with E-state index in [1.807, 2.05) is 0 Å². The van der Waals surface area contributed by atoms with Crippen LogP contribution >= 0.6 is 11.8 Å². The molecule has 0 bridgehead atoms. The van der Waals surface area contributed by atoms with Crippen molar-refractivity contribution in [2.45, 2.75) is 0 Å². The fourth-order valence-electron chi connectivity index (χ4n) is 2.39. The lowest BCUT2D eigenvalue weighted by molar-refractivity contribution is -0.115. The van der Waals surface area contributed by atoms with Gasteiger partial charge in [0.05, 0.1) is 30.4 Å². The van der Waals surface area contributed by atoms with Crippen LogP contribution in [-0.2, 0) is 4.79 Å². The van der Waals surface area contributed by atoms with E-state index in [1.165, 1.54) is 23.9 Å². The number of nitrogens with one attached hydrogen (secondary N) is 1. The molecule has 2 aromatic rings. The zero-order valence-electron chi connectivity index (χ0n) is 14.6. The lowest BCUT2D eigenvalue weighted by Gasteiger charge is -2.07. The van der Waals surface area contributed by atoms with Gasteiger partial charge in [-0.2, -0.15) is 0 Å². The summed E-state index contributed by atoms with van der Waals surface area (Å²) in [5.41, 5.74) is 1.30. The zero-order valence-corrected chi connectivity index (χ0v) is 15.4. The molecule has 0 spiro atoms. The zero-order chi connectivity index (χ0) is 19.4. The lowest BCUT2D eigenvalue weighted by atomic mass is 10.1. The summed E-state index contributed by atoms with van der Waals surface area (Å²) in [6, 6.07) is 11.5. The number of ether oxygens (including phenoxy) is 2. The fourth-order valence-corrected chi connectivity index (χ4v) is 3.22. The van der Waals surface area contributed by atoms with Gasteiger partial charge in [0.1, 0.15) is 11.5 Å². The number of nitrogens with zero attached hydrogens (tertiary/aromatic N) is 1. The van der Waals surface area contributed by atoms with Crippen LogP contribution in [0.15, 0.2) is 52.4 Å². The highest BCUT2D eigenvalue weighted by Crippen LogP contribution is 2.32. The van der Waals surface area contributed by atoms with Gasteiger partial charge in [0.15, 0.2) is 5.17 Å². The molecule has 2 aromatic carbocycles. The van der Waals surface area contributed by atoms with Crippen LogP contribution in [0.3, 0.4) is 0 Å². The fraction of sp³-hybridized carbons (Fsp3) is 0.105. The maximum Gasteiger partial charge on any atom is 0.335 e. The van der Waals surface area contributed by atoms with Gasteiger partial charge in [-0.05, 0) is 48.2 Å². The third kappa shape index (κ3) is 4.29. The third-order valence-electron chi connectivity index (χ3n) is 3.70. The van der Waals surface area contributed by atoms with E-state index in [1.54, 1.807) is 50.6 Å². The number of hydrogen-bond acceptors (Lipinski definition) is 6. The summed E-state index contributed by atoms with van der Waals surface area (Å²) >= 11 is 1.17. The van der Waals surface area contributed by atoms with Crippen molar-refractivity contribution >= 4 is 40.6 Å². The van der Waals surface area contributed by atoms with Crippen molar-refractivity contribution in [3.05, 3.63) is 58.5 Å². The summed E-state index contributed by atoms with van der Waals surface area (Å²) in [6.45, 7) is 0. The highest BCUT2D eigenvalue weighted by Gasteiger charge is 2.24. The average Bonchev–Trinajstić information content (AvgIpc) is 3.01. The van der Waals surface area contributed by atoms with Gasteiger partial charge in [0, 0.05) is 11.6 Å². The van der Waals surface area contributed by atoms with Crippen molar-refractivity contribution in [3.8, 4) is 11.5 Å². The van der Waals surface area contributed by atoms with E-state index < -0.39 is 5.97 Å². The molecule has 27 heavy (non-hydrogen) atoms. The normalized spacial score (nSPS) is 16.4. The van der Waals surface area contributed by atoms with Gasteiger partial charge in [0.25, 0.3) is 5.91 Å². The Morgan fingerprint density at radius 3 is 2.70 bits per heavy atom. The highest BCUT2D eigenvalue weighted by atomic mass is 32.2. The number of amidine groups is 1. The van der Waals surface area contributed by atoms with Crippen molar-refractivity contribution in [2.24, 2.45) is 4.99 Å². The van der Waals surface area contributed by atoms with E-state index in [4.69, 9.17) is 14.6 Å². The molecule has 7 nitrogen and oxygen atoms in total. The molecular formula is C19H16N2O5S. The topological polar surface area (TPSA) is 97.2 Å². The molecule has 0 radical (unpaired) electrons. The second-order valence-electron chi connectivity index (χ2n) is 5.45. The first-order valence-electron chi connectivity index (χ1n) is 7.85. The maximum atomic E-state index is 12.2. The Morgan fingerprint density at radius 1 is 1.19 bits per heavy atom. The molecule has 1 aliphatic rings. The van der Waals surface area contributed by atoms with E-state index in [2.05, 4.69) is 10.3 Å². The molecule has 1 amide bonds. The van der Waals surface area contributed by atoms with E-state index in [0.717, 1.165) is 5.56 Å². The Balaban J connectivity index is 1.86. The van der Waals surface area contributed by atoms with Crippen LogP contribution in [0.1, 0.15) is 15.9 Å². The molecule has 0 unspecified atom stereocenters. The largest absolute Gasteiger partial charge is 0.497 e. The predicted octanol–water partition coefficient (Wildman–Crippen LogP) is 3.29. The summed E-state index contributed by atoms with van der Waals surface area (Å²) in [6.07, 6.45) is 1.70. The summed E-state index contributed by atoms with van der Waals surface area (Å²) in [5.74, 6) is -0.0914. The van der Waals surface area contributed by atoms with Gasteiger partial charge < -0.3 is 19.9 Å². The number of aliphatic imine (C=N–C) groups is 1. The molecule has 0 aromatic heterocycles. The second kappa shape index (κ2) is 7.96. The number of benzene rings is 2. The Hall–Kier alpha value is -3.26. The van der Waals surface area contributed by atoms with Gasteiger partial charge in [-0.15, -0.1) is 0 Å². The van der Waals surface area contributed by atoms with Crippen molar-refractivity contribution in [1.29, 1.82) is 0 Å². The Kier molecular flexibility index (Phi) is 5.46. The lowest BCUT2D eigenvalue weighted by Crippen LogP contribution is -2.19. The number of methoxy groups -OCH3 is 2. The number of carboxylic acids is 1. The van der Waals surface area contributed by atoms with Crippen LogP contribution in [0.4, 0.5) is 5.69 Å². The second-order valence-corrected chi connectivity index (χ2v) is 6.48. The number of aromatic carboxylic acids is 1. The molecule has 1 aliphatic heterocycles. The number of amides is 1. The molecule has 8 heteroatoms. The molecule has 138 valence electrons. The van der Waals surface area contributed by atoms with Gasteiger partial charge in [0.2, 0.25) is 0 Å². The minimum atomic E-state index is -1.03. The van der Waals surface area contributed by atoms with Crippen molar-refractivity contribution in [3.63, 3.8) is 0 Å². The van der Waals surface area contributed by atoms with Crippen LogP contribution in [-0.4, -0.2) is 36.4 Å². The Morgan fingerprint density at radius 2 is 2.00 bits per heavy atom. The number of thioether (sulfide) groups is 1. The quantitative estimate of drug-likeness (QED) is 0.768. The summed E-state index contributed by atoms with van der Waals surface area (Å²) in [5, 5.41) is 12.1. The summed E-state index contributed by atoms with van der Waals surface area (Å²) in [7, 11) is 3.11. The predicted molar refractivity (Wildman–Crippen MR) is 104 cm³/mol. The average molecular weight is 384 g/mol. The summed E-state index contributed by atoms with van der Waals surface area (Å²) < 4.78 is 10.5. The van der Waals surface area contributed by atoms with Crippen molar-refractivity contribution < 1.29 is 24.2 Å². The number of carbonyl (C=O) groups excluding carboxylic acids is 1. The van der Waals surface area contributed by atoms with E-state index in [9.17, 15) is 9.59 Å². The standard InChI is InChI=1S/C19H16N2O5S/c1-25-14-7-6-11(15(10-14)26-2)9-16-17(22)21-19(27-16)20-13-5-3-4-12(8-13)18(23)24/h3-10H,1-2H3,(H,23,24)(H,20,21,22). The van der Waals surface area contributed by atoms with Crippen LogP contribution < -0.4 is 14.8 Å². The van der Waals surface area contributed by atoms with Crippen molar-refractivity contribution in [1.82, 2.24) is 5.32 Å². The molecule has 2 N–H and O–H groups in total. The number of carbonyl (C=O) groups is 2. The smallest absolute Gasteiger partial charge is 0.335 e. The number of carboxylic acid groups (broad SMARTS) is 1. The van der Waals surface area contributed by atoms with Gasteiger partial charge in [-0.25, -0.2) is 9.79 Å². The van der Waals surface area contributed by atoms with Crippen LogP contribution in [0, 0.1) is 0 Å². The molecule has 1 heterocycles. The maximum absolute atomic E-state index is 12.2. The van der Waals surface area contributed by atoms with Gasteiger partial charge >= 0.3 is 5.97 Å². The van der Waals surface area contributed by atoms with E-state index in [0.29, 0.717) is 27.3 Å². The highest BCUT2D eigenvalue weighted by molar-refractivity contribution is 8.18. The minimum Gasteiger partial charge on any atom is -0.497 e. The molecule has 0 saturated carbocycles. The van der Waals surface area contributed by atoms with Crippen molar-refractivity contribution in [2.75, 3.05) is 14.2 Å². The van der Waals surface area contributed by atoms with E-state index >= 15 is 0 Å². The van der Waals surface area contributed by atoms with Crippen LogP contribution in [0.2, 0.25) is 0 Å². The first-order valence-corrected chi connectivity index (χ1v) is 8.67. The number of hydrogen-bond donors (Lipinski definition) is 2. The first kappa shape index (κ1) is 18.5. The number of rotatable bonds is 5. The Bertz CT molecular complexity index is 968. The molecule has 0 atom stereocenters. The van der Waals surface area contributed by atoms with Crippen LogP contribution in [0.25, 0.3) is 6.08 Å². The molecule has 1 saturated heterocycles. The SMILES string of the molecule is COc1ccc(C=C2SC(=Nc3cccc(C(=O)O)c3)NC2=O)c(OC)c1. The molecule has 3 rings (SSSR count). The monoisotopic (exact) mass is 384 g/mol. The molecule has 1 fully saturated rings.